The zero-order valence-electron chi connectivity index (χ0n) is 8.71. The summed E-state index contributed by atoms with van der Waals surface area (Å²) < 4.78 is 4.52. The number of rotatable bonds is 2. The van der Waals surface area contributed by atoms with Crippen molar-refractivity contribution in [2.75, 3.05) is 7.11 Å². The maximum Gasteiger partial charge on any atom is 0.407 e. The van der Waals surface area contributed by atoms with E-state index in [-0.39, 0.29) is 17.7 Å². The van der Waals surface area contributed by atoms with Gasteiger partial charge in [0.05, 0.1) is 7.11 Å². The lowest BCUT2D eigenvalue weighted by atomic mass is 9.82. The molecule has 0 spiro atoms. The van der Waals surface area contributed by atoms with Crippen LogP contribution in [0.1, 0.15) is 32.6 Å². The van der Waals surface area contributed by atoms with Crippen LogP contribution in [0.2, 0.25) is 0 Å². The molecule has 80 valence electrons. The minimum atomic E-state index is -0.442. The Kier molecular flexibility index (Phi) is 3.92. The fraction of sp³-hybridized carbons (Fsp3) is 0.800. The number of Topliss-reactive ketones (excluding diaryl/α,β-unsaturated/α-hetero) is 1. The first-order chi connectivity index (χ1) is 6.65. The van der Waals surface area contributed by atoms with Gasteiger partial charge in [-0.2, -0.15) is 0 Å². The molecule has 1 rings (SSSR count). The van der Waals surface area contributed by atoms with Crippen LogP contribution >= 0.6 is 0 Å². The number of ether oxygens (including phenoxy) is 1. The van der Waals surface area contributed by atoms with E-state index < -0.39 is 6.09 Å². The highest BCUT2D eigenvalue weighted by molar-refractivity contribution is 5.80. The van der Waals surface area contributed by atoms with Crippen LogP contribution < -0.4 is 5.32 Å². The lowest BCUT2D eigenvalue weighted by molar-refractivity contribution is -0.122. The fourth-order valence-electron chi connectivity index (χ4n) is 2.00. The first-order valence-electron chi connectivity index (χ1n) is 5.00. The van der Waals surface area contributed by atoms with Crippen LogP contribution in [0.25, 0.3) is 0 Å². The highest BCUT2D eigenvalue weighted by Gasteiger charge is 2.29. The molecule has 0 heterocycles. The van der Waals surface area contributed by atoms with Crippen LogP contribution in [0.5, 0.6) is 0 Å². The number of alkyl carbamates (subject to hydrolysis) is 1. The van der Waals surface area contributed by atoms with Crippen LogP contribution in [0.15, 0.2) is 0 Å². The molecule has 0 aromatic carbocycles. The lowest BCUT2D eigenvalue weighted by Crippen LogP contribution is -2.44. The second-order valence-electron chi connectivity index (χ2n) is 3.74. The molecule has 4 heteroatoms. The Hall–Kier alpha value is -1.06. The molecule has 1 aliphatic carbocycles. The maximum atomic E-state index is 11.3. The van der Waals surface area contributed by atoms with E-state index in [0.717, 1.165) is 25.7 Å². The Morgan fingerprint density at radius 1 is 1.29 bits per heavy atom. The number of nitrogens with one attached hydrogen (secondary N) is 1. The van der Waals surface area contributed by atoms with Crippen molar-refractivity contribution in [3.63, 3.8) is 0 Å². The third kappa shape index (κ3) is 2.72. The van der Waals surface area contributed by atoms with Gasteiger partial charge in [-0.1, -0.05) is 12.8 Å². The zero-order valence-corrected chi connectivity index (χ0v) is 8.71. The van der Waals surface area contributed by atoms with E-state index in [2.05, 4.69) is 10.1 Å². The van der Waals surface area contributed by atoms with E-state index in [9.17, 15) is 9.59 Å². The first-order valence-corrected chi connectivity index (χ1v) is 5.00. The molecule has 1 N–H and O–H groups in total. The molecule has 0 bridgehead atoms. The summed E-state index contributed by atoms with van der Waals surface area (Å²) in [4.78, 5) is 22.3. The third-order valence-electron chi connectivity index (χ3n) is 2.78. The zero-order chi connectivity index (χ0) is 10.6. The highest BCUT2D eigenvalue weighted by Crippen LogP contribution is 2.25. The van der Waals surface area contributed by atoms with E-state index in [4.69, 9.17) is 0 Å². The monoisotopic (exact) mass is 199 g/mol. The molecule has 0 aliphatic heterocycles. The number of carbonyl (C=O) groups is 2. The van der Waals surface area contributed by atoms with Gasteiger partial charge in [-0.15, -0.1) is 0 Å². The highest BCUT2D eigenvalue weighted by atomic mass is 16.5. The topological polar surface area (TPSA) is 55.4 Å². The Labute approximate surface area is 84.0 Å². The van der Waals surface area contributed by atoms with Gasteiger partial charge in [-0.3, -0.25) is 4.79 Å². The number of carbonyl (C=O) groups excluding carboxylic acids is 2. The van der Waals surface area contributed by atoms with Gasteiger partial charge < -0.3 is 10.1 Å². The van der Waals surface area contributed by atoms with Crippen molar-refractivity contribution < 1.29 is 14.3 Å². The summed E-state index contributed by atoms with van der Waals surface area (Å²) in [6, 6.07) is -0.0336. The van der Waals surface area contributed by atoms with Crippen LogP contribution in [-0.2, 0) is 9.53 Å². The van der Waals surface area contributed by atoms with E-state index in [1.807, 2.05) is 0 Å². The number of amides is 1. The van der Waals surface area contributed by atoms with Gasteiger partial charge in [0.25, 0.3) is 0 Å². The minimum Gasteiger partial charge on any atom is -0.453 e. The SMILES string of the molecule is COC(=O)N[C@@H]1CCCCC1C(C)=O. The normalized spacial score (nSPS) is 26.7. The smallest absolute Gasteiger partial charge is 0.407 e. The molecule has 4 nitrogen and oxygen atoms in total. The summed E-state index contributed by atoms with van der Waals surface area (Å²) in [5.41, 5.74) is 0. The van der Waals surface area contributed by atoms with Gasteiger partial charge >= 0.3 is 6.09 Å². The molecule has 1 saturated carbocycles. The predicted octanol–water partition coefficient (Wildman–Crippen LogP) is 1.49. The summed E-state index contributed by atoms with van der Waals surface area (Å²) in [5, 5.41) is 2.72. The number of hydrogen-bond acceptors (Lipinski definition) is 3. The van der Waals surface area contributed by atoms with Crippen LogP contribution in [-0.4, -0.2) is 25.0 Å². The molecule has 1 aliphatic rings. The number of hydrogen-bond donors (Lipinski definition) is 1. The van der Waals surface area contributed by atoms with Crippen molar-refractivity contribution >= 4 is 11.9 Å². The van der Waals surface area contributed by atoms with Crippen molar-refractivity contribution in [2.45, 2.75) is 38.6 Å². The average molecular weight is 199 g/mol. The molecule has 1 fully saturated rings. The Morgan fingerprint density at radius 3 is 2.50 bits per heavy atom. The molecular weight excluding hydrogens is 182 g/mol. The van der Waals surface area contributed by atoms with Crippen molar-refractivity contribution in [1.29, 1.82) is 0 Å². The summed E-state index contributed by atoms with van der Waals surface area (Å²) >= 11 is 0. The van der Waals surface area contributed by atoms with E-state index >= 15 is 0 Å². The van der Waals surface area contributed by atoms with Crippen LogP contribution in [0.3, 0.4) is 0 Å². The molecule has 0 aromatic rings. The maximum absolute atomic E-state index is 11.3. The molecule has 2 atom stereocenters. The van der Waals surface area contributed by atoms with Crippen LogP contribution in [0, 0.1) is 5.92 Å². The number of methoxy groups -OCH3 is 1. The molecule has 1 amide bonds. The van der Waals surface area contributed by atoms with Gasteiger partial charge in [0.2, 0.25) is 0 Å². The van der Waals surface area contributed by atoms with Gasteiger partial charge in [-0.25, -0.2) is 4.79 Å². The number of ketones is 1. The molecular formula is C10H17NO3. The van der Waals surface area contributed by atoms with Crippen LogP contribution in [0.4, 0.5) is 4.79 Å². The van der Waals surface area contributed by atoms with Crippen molar-refractivity contribution in [3.8, 4) is 0 Å². The first kappa shape index (κ1) is 11.0. The minimum absolute atomic E-state index is 0.0251. The average Bonchev–Trinajstić information content (AvgIpc) is 2.18. The Balaban J connectivity index is 2.54. The molecule has 1 unspecified atom stereocenters. The van der Waals surface area contributed by atoms with Gasteiger partial charge in [0, 0.05) is 12.0 Å². The summed E-state index contributed by atoms with van der Waals surface area (Å²) in [5.74, 6) is 0.133. The van der Waals surface area contributed by atoms with Gasteiger partial charge in [-0.05, 0) is 19.8 Å². The fourth-order valence-corrected chi connectivity index (χ4v) is 2.00. The standard InChI is InChI=1S/C10H17NO3/c1-7(12)8-5-3-4-6-9(8)11-10(13)14-2/h8-9H,3-6H2,1-2H3,(H,11,13)/t8?,9-/m1/s1. The van der Waals surface area contributed by atoms with E-state index in [0.29, 0.717) is 0 Å². The third-order valence-corrected chi connectivity index (χ3v) is 2.78. The largest absolute Gasteiger partial charge is 0.453 e. The summed E-state index contributed by atoms with van der Waals surface area (Å²) in [6.07, 6.45) is 3.45. The molecule has 0 aromatic heterocycles. The Morgan fingerprint density at radius 2 is 1.93 bits per heavy atom. The quantitative estimate of drug-likeness (QED) is 0.733. The van der Waals surface area contributed by atoms with Crippen molar-refractivity contribution in [2.24, 2.45) is 5.92 Å². The molecule has 0 radical (unpaired) electrons. The van der Waals surface area contributed by atoms with Gasteiger partial charge in [0.15, 0.2) is 0 Å². The molecule has 0 saturated heterocycles. The predicted molar refractivity (Wildman–Crippen MR) is 52.0 cm³/mol. The van der Waals surface area contributed by atoms with E-state index in [1.165, 1.54) is 7.11 Å². The van der Waals surface area contributed by atoms with Crippen molar-refractivity contribution in [1.82, 2.24) is 5.32 Å². The second kappa shape index (κ2) is 4.98. The second-order valence-corrected chi connectivity index (χ2v) is 3.74. The lowest BCUT2D eigenvalue weighted by Gasteiger charge is -2.29. The van der Waals surface area contributed by atoms with E-state index in [1.54, 1.807) is 6.92 Å². The Bertz CT molecular complexity index is 227. The molecule has 14 heavy (non-hydrogen) atoms. The van der Waals surface area contributed by atoms with Crippen molar-refractivity contribution in [3.05, 3.63) is 0 Å². The summed E-state index contributed by atoms with van der Waals surface area (Å²) in [7, 11) is 1.33. The van der Waals surface area contributed by atoms with Gasteiger partial charge in [0.1, 0.15) is 5.78 Å². The summed E-state index contributed by atoms with van der Waals surface area (Å²) in [6.45, 7) is 1.59.